The second-order valence-corrected chi connectivity index (χ2v) is 13.8. The number of benzene rings is 3. The predicted molar refractivity (Wildman–Crippen MR) is 171 cm³/mol. The first-order valence-corrected chi connectivity index (χ1v) is 16.6. The lowest BCUT2D eigenvalue weighted by Crippen LogP contribution is -2.39. The van der Waals surface area contributed by atoms with Crippen molar-refractivity contribution in [3.8, 4) is 11.3 Å². The van der Waals surface area contributed by atoms with E-state index in [0.717, 1.165) is 50.4 Å². The van der Waals surface area contributed by atoms with Crippen LogP contribution in [-0.2, 0) is 34.5 Å². The minimum absolute atomic E-state index is 0.174. The van der Waals surface area contributed by atoms with E-state index in [1.165, 1.54) is 38.9 Å². The zero-order valence-corrected chi connectivity index (χ0v) is 25.9. The Balaban J connectivity index is 1.42. The van der Waals surface area contributed by atoms with Gasteiger partial charge in [0.2, 0.25) is 0 Å². The van der Waals surface area contributed by atoms with Gasteiger partial charge >= 0.3 is 16.3 Å². The van der Waals surface area contributed by atoms with Crippen LogP contribution < -0.4 is 10.0 Å². The van der Waals surface area contributed by atoms with Crippen molar-refractivity contribution in [3.63, 3.8) is 0 Å². The summed E-state index contributed by atoms with van der Waals surface area (Å²) in [5.74, 6) is -0.326. The van der Waals surface area contributed by atoms with Crippen LogP contribution in [0.3, 0.4) is 0 Å². The van der Waals surface area contributed by atoms with E-state index in [0.29, 0.717) is 18.9 Å². The Morgan fingerprint density at radius 2 is 1.68 bits per heavy atom. The second-order valence-electron chi connectivity index (χ2n) is 11.9. The summed E-state index contributed by atoms with van der Waals surface area (Å²) in [6.07, 6.45) is 5.86. The molecular weight excluding hydrogens is 576 g/mol. The van der Waals surface area contributed by atoms with Gasteiger partial charge in [-0.15, -0.1) is 0 Å². The highest BCUT2D eigenvalue weighted by molar-refractivity contribution is 7.87. The standard InChI is InChI=1S/C34H38N4O5S/c1-37(2)44(41,42)36-33(39)26-17-18-29-30(20-26)38-21-27(35-34(40)43-22-23-11-5-3-6-12-23)19-25-15-9-10-16-28(25)32(38)31(29)24-13-7-4-8-14-24/h3,5-6,9-12,15-18,20,24,27H,4,7-8,13-14,19,21-22H2,1-2H3,(H,35,40)(H,36,39). The molecule has 1 aliphatic heterocycles. The fourth-order valence-corrected chi connectivity index (χ4v) is 7.11. The number of carbonyl (C=O) groups excluding carboxylic acids is 2. The maximum absolute atomic E-state index is 13.2. The molecule has 1 aromatic heterocycles. The molecule has 0 radical (unpaired) electrons. The number of carbonyl (C=O) groups is 2. The molecule has 4 aromatic rings. The zero-order chi connectivity index (χ0) is 30.8. The molecule has 1 fully saturated rings. The third-order valence-electron chi connectivity index (χ3n) is 8.76. The van der Waals surface area contributed by atoms with Gasteiger partial charge in [0.25, 0.3) is 5.91 Å². The van der Waals surface area contributed by atoms with Crippen LogP contribution >= 0.6 is 0 Å². The van der Waals surface area contributed by atoms with Gasteiger partial charge in [-0.3, -0.25) is 4.79 Å². The topological polar surface area (TPSA) is 110 Å². The second kappa shape index (κ2) is 12.5. The van der Waals surface area contributed by atoms with Gasteiger partial charge in [-0.1, -0.05) is 79.9 Å². The zero-order valence-electron chi connectivity index (χ0n) is 25.1. The summed E-state index contributed by atoms with van der Waals surface area (Å²) in [5.41, 5.74) is 6.64. The van der Waals surface area contributed by atoms with Crippen molar-refractivity contribution < 1.29 is 22.7 Å². The molecule has 0 spiro atoms. The molecule has 6 rings (SSSR count). The maximum atomic E-state index is 13.2. The van der Waals surface area contributed by atoms with Crippen molar-refractivity contribution in [3.05, 3.63) is 95.1 Å². The van der Waals surface area contributed by atoms with Crippen LogP contribution in [0.4, 0.5) is 4.79 Å². The first-order valence-electron chi connectivity index (χ1n) is 15.2. The van der Waals surface area contributed by atoms with Crippen LogP contribution in [-0.4, -0.2) is 49.4 Å². The highest BCUT2D eigenvalue weighted by Gasteiger charge is 2.32. The van der Waals surface area contributed by atoms with Crippen molar-refractivity contribution in [2.24, 2.45) is 0 Å². The van der Waals surface area contributed by atoms with E-state index in [4.69, 9.17) is 4.74 Å². The Labute approximate surface area is 258 Å². The normalized spacial score (nSPS) is 17.0. The van der Waals surface area contributed by atoms with Crippen LogP contribution in [0.2, 0.25) is 0 Å². The Morgan fingerprint density at radius 1 is 0.955 bits per heavy atom. The first-order chi connectivity index (χ1) is 21.2. The van der Waals surface area contributed by atoms with E-state index in [1.54, 1.807) is 12.1 Å². The molecule has 2 aliphatic rings. The van der Waals surface area contributed by atoms with Crippen LogP contribution in [0.1, 0.15) is 65.1 Å². The Morgan fingerprint density at radius 3 is 2.43 bits per heavy atom. The molecule has 1 aliphatic carbocycles. The van der Waals surface area contributed by atoms with Crippen molar-refractivity contribution in [1.29, 1.82) is 0 Å². The lowest BCUT2D eigenvalue weighted by molar-refractivity contribution is 0.0979. The lowest BCUT2D eigenvalue weighted by Gasteiger charge is -2.24. The highest BCUT2D eigenvalue weighted by Crippen LogP contribution is 2.46. The van der Waals surface area contributed by atoms with Gasteiger partial charge in [0.05, 0.1) is 11.7 Å². The molecule has 9 nitrogen and oxygen atoms in total. The Bertz CT molecular complexity index is 1790. The lowest BCUT2D eigenvalue weighted by atomic mass is 9.81. The van der Waals surface area contributed by atoms with E-state index in [1.807, 2.05) is 48.5 Å². The number of hydrogen-bond donors (Lipinski definition) is 2. The van der Waals surface area contributed by atoms with Crippen molar-refractivity contribution in [1.82, 2.24) is 18.9 Å². The average Bonchev–Trinajstić information content (AvgIpc) is 3.24. The molecule has 10 heteroatoms. The summed E-state index contributed by atoms with van der Waals surface area (Å²) in [6.45, 7) is 0.641. The van der Waals surface area contributed by atoms with Gasteiger partial charge in [-0.25, -0.2) is 9.52 Å². The summed E-state index contributed by atoms with van der Waals surface area (Å²) in [6, 6.07) is 23.0. The number of ether oxygens (including phenoxy) is 1. The van der Waals surface area contributed by atoms with Crippen LogP contribution in [0.5, 0.6) is 0 Å². The summed E-state index contributed by atoms with van der Waals surface area (Å²) < 4.78 is 35.8. The molecule has 1 saturated carbocycles. The van der Waals surface area contributed by atoms with Crippen LogP contribution in [0, 0.1) is 0 Å². The Kier molecular flexibility index (Phi) is 8.46. The van der Waals surface area contributed by atoms with Gasteiger partial charge in [-0.05, 0) is 54.0 Å². The SMILES string of the molecule is CN(C)S(=O)(=O)NC(=O)c1ccc2c(C3CCCCC3)c3n(c2c1)CC(NC(=O)OCc1ccccc1)Cc1ccccc1-3. The van der Waals surface area contributed by atoms with Gasteiger partial charge < -0.3 is 14.6 Å². The third-order valence-corrected chi connectivity index (χ3v) is 10.2. The van der Waals surface area contributed by atoms with Crippen molar-refractivity contribution in [2.45, 2.75) is 63.6 Å². The fraction of sp³-hybridized carbons (Fsp3) is 0.353. The molecule has 2 heterocycles. The van der Waals surface area contributed by atoms with Gasteiger partial charge in [-0.2, -0.15) is 12.7 Å². The van der Waals surface area contributed by atoms with E-state index in [-0.39, 0.29) is 18.2 Å². The summed E-state index contributed by atoms with van der Waals surface area (Å²) in [5, 5.41) is 4.16. The molecule has 2 N–H and O–H groups in total. The van der Waals surface area contributed by atoms with E-state index in [2.05, 4.69) is 26.7 Å². The van der Waals surface area contributed by atoms with E-state index >= 15 is 0 Å². The predicted octanol–water partition coefficient (Wildman–Crippen LogP) is 5.74. The van der Waals surface area contributed by atoms with E-state index < -0.39 is 22.2 Å². The molecule has 230 valence electrons. The number of aromatic nitrogens is 1. The number of nitrogens with one attached hydrogen (secondary N) is 2. The maximum Gasteiger partial charge on any atom is 0.407 e. The van der Waals surface area contributed by atoms with Gasteiger partial charge in [0.1, 0.15) is 6.61 Å². The smallest absolute Gasteiger partial charge is 0.407 e. The Hall–Kier alpha value is -4.15. The minimum atomic E-state index is -3.96. The number of alkyl carbamates (subject to hydrolysis) is 1. The molecule has 0 bridgehead atoms. The molecule has 44 heavy (non-hydrogen) atoms. The van der Waals surface area contributed by atoms with Crippen molar-refractivity contribution >= 4 is 33.1 Å². The molecule has 1 atom stereocenters. The molecule has 2 amide bonds. The molecule has 1 unspecified atom stereocenters. The summed E-state index contributed by atoms with van der Waals surface area (Å²) in [7, 11) is -1.21. The fourth-order valence-electron chi connectivity index (χ4n) is 6.58. The molecular formula is C34H38N4O5S. The van der Waals surface area contributed by atoms with Crippen LogP contribution in [0.25, 0.3) is 22.2 Å². The molecule has 3 aromatic carbocycles. The number of hydrogen-bond acceptors (Lipinski definition) is 5. The number of amides is 2. The average molecular weight is 615 g/mol. The third kappa shape index (κ3) is 6.09. The minimum Gasteiger partial charge on any atom is -0.445 e. The first kappa shape index (κ1) is 29.9. The van der Waals surface area contributed by atoms with Gasteiger partial charge in [0.15, 0.2) is 0 Å². The largest absolute Gasteiger partial charge is 0.445 e. The quantitative estimate of drug-likeness (QED) is 0.276. The number of nitrogens with zero attached hydrogens (tertiary/aromatic N) is 2. The number of rotatable bonds is 7. The summed E-state index contributed by atoms with van der Waals surface area (Å²) >= 11 is 0. The van der Waals surface area contributed by atoms with Crippen molar-refractivity contribution in [2.75, 3.05) is 14.1 Å². The van der Waals surface area contributed by atoms with Gasteiger partial charge in [0, 0.05) is 42.7 Å². The highest BCUT2D eigenvalue weighted by atomic mass is 32.2. The van der Waals surface area contributed by atoms with Crippen LogP contribution in [0.15, 0.2) is 72.8 Å². The monoisotopic (exact) mass is 614 g/mol. The summed E-state index contributed by atoms with van der Waals surface area (Å²) in [4.78, 5) is 26.2. The number of fused-ring (bicyclic) bond motifs is 5. The molecule has 0 saturated heterocycles. The van der Waals surface area contributed by atoms with E-state index in [9.17, 15) is 18.0 Å².